The highest BCUT2D eigenvalue weighted by molar-refractivity contribution is 7.92. The fourth-order valence-corrected chi connectivity index (χ4v) is 5.01. The number of aromatic nitrogens is 3. The number of carbonyl (C=O) groups excluding carboxylic acids is 1. The normalized spacial score (nSPS) is 11.4. The monoisotopic (exact) mass is 499 g/mol. The van der Waals surface area contributed by atoms with E-state index in [-0.39, 0.29) is 15.5 Å². The van der Waals surface area contributed by atoms with Gasteiger partial charge in [-0.3, -0.25) is 14.2 Å². The highest BCUT2D eigenvalue weighted by Crippen LogP contribution is 2.27. The number of carbonyl (C=O) groups is 1. The fourth-order valence-electron chi connectivity index (χ4n) is 3.43. The van der Waals surface area contributed by atoms with Crippen LogP contribution in [0.3, 0.4) is 0 Å². The zero-order valence-corrected chi connectivity index (χ0v) is 20.2. The molecule has 0 aliphatic heterocycles. The Labute approximate surface area is 201 Å². The van der Waals surface area contributed by atoms with Gasteiger partial charge in [-0.1, -0.05) is 11.6 Å². The lowest BCUT2D eigenvalue weighted by atomic mass is 10.2. The number of ether oxygens (including phenoxy) is 1. The summed E-state index contributed by atoms with van der Waals surface area (Å²) in [5, 5.41) is 7.85. The van der Waals surface area contributed by atoms with E-state index in [1.165, 1.54) is 24.4 Å². The first kappa shape index (κ1) is 23.5. The van der Waals surface area contributed by atoms with Gasteiger partial charge in [-0.25, -0.2) is 13.4 Å². The second kappa shape index (κ2) is 9.32. The minimum atomic E-state index is -4.06. The molecule has 176 valence electrons. The number of nitrogens with one attached hydrogen (secondary N) is 2. The molecule has 0 spiro atoms. The predicted molar refractivity (Wildman–Crippen MR) is 131 cm³/mol. The molecule has 0 radical (unpaired) electrons. The Kier molecular flexibility index (Phi) is 6.45. The van der Waals surface area contributed by atoms with Crippen molar-refractivity contribution in [2.45, 2.75) is 18.7 Å². The summed E-state index contributed by atoms with van der Waals surface area (Å²) in [5.41, 5.74) is 2.39. The van der Waals surface area contributed by atoms with Crippen LogP contribution in [-0.4, -0.2) is 35.7 Å². The Morgan fingerprint density at radius 2 is 1.85 bits per heavy atom. The average Bonchev–Trinajstić information content (AvgIpc) is 3.08. The number of hydrogen-bond acceptors (Lipinski definition) is 6. The maximum atomic E-state index is 13.0. The SMILES string of the molecule is CCOc1ccc(NS(=O)(=O)c2cc(C(=O)Nc3cnc4c(c3)c(C)nn4C)ccc2Cl)cc1. The van der Waals surface area contributed by atoms with Crippen molar-refractivity contribution in [3.8, 4) is 5.75 Å². The fraction of sp³-hybridized carbons (Fsp3) is 0.174. The maximum absolute atomic E-state index is 13.0. The number of rotatable bonds is 7. The van der Waals surface area contributed by atoms with Gasteiger partial charge in [0.15, 0.2) is 5.65 Å². The zero-order chi connectivity index (χ0) is 24.5. The minimum Gasteiger partial charge on any atom is -0.494 e. The number of hydrogen-bond donors (Lipinski definition) is 2. The molecule has 2 N–H and O–H groups in total. The zero-order valence-electron chi connectivity index (χ0n) is 18.7. The molecule has 0 unspecified atom stereocenters. The molecule has 0 bridgehead atoms. The summed E-state index contributed by atoms with van der Waals surface area (Å²) < 4.78 is 35.4. The summed E-state index contributed by atoms with van der Waals surface area (Å²) in [5.74, 6) is 0.119. The van der Waals surface area contributed by atoms with Gasteiger partial charge in [0.25, 0.3) is 15.9 Å². The van der Waals surface area contributed by atoms with Crippen LogP contribution in [0.1, 0.15) is 23.0 Å². The molecule has 34 heavy (non-hydrogen) atoms. The van der Waals surface area contributed by atoms with E-state index in [0.717, 1.165) is 11.1 Å². The van der Waals surface area contributed by atoms with E-state index in [0.29, 0.717) is 29.4 Å². The number of anilines is 2. The van der Waals surface area contributed by atoms with Crippen LogP contribution < -0.4 is 14.8 Å². The first-order chi connectivity index (χ1) is 16.2. The number of benzene rings is 2. The van der Waals surface area contributed by atoms with Gasteiger partial charge in [0.05, 0.1) is 29.2 Å². The number of halogens is 1. The number of fused-ring (bicyclic) bond motifs is 1. The number of amides is 1. The third-order valence-corrected chi connectivity index (χ3v) is 6.88. The highest BCUT2D eigenvalue weighted by atomic mass is 35.5. The maximum Gasteiger partial charge on any atom is 0.263 e. The lowest BCUT2D eigenvalue weighted by Crippen LogP contribution is -2.16. The molecular weight excluding hydrogens is 478 g/mol. The van der Waals surface area contributed by atoms with Crippen LogP contribution in [0.5, 0.6) is 5.75 Å². The highest BCUT2D eigenvalue weighted by Gasteiger charge is 2.21. The molecule has 1 amide bonds. The van der Waals surface area contributed by atoms with Gasteiger partial charge in [0, 0.05) is 23.7 Å². The van der Waals surface area contributed by atoms with Crippen molar-refractivity contribution in [2.24, 2.45) is 7.05 Å². The Morgan fingerprint density at radius 1 is 1.12 bits per heavy atom. The first-order valence-corrected chi connectivity index (χ1v) is 12.2. The van der Waals surface area contributed by atoms with E-state index in [1.807, 2.05) is 13.8 Å². The second-order valence-corrected chi connectivity index (χ2v) is 9.52. The largest absolute Gasteiger partial charge is 0.494 e. The van der Waals surface area contributed by atoms with E-state index in [1.54, 1.807) is 42.1 Å². The molecule has 0 atom stereocenters. The smallest absolute Gasteiger partial charge is 0.263 e. The molecule has 2 aromatic heterocycles. The summed E-state index contributed by atoms with van der Waals surface area (Å²) >= 11 is 6.17. The molecule has 2 heterocycles. The van der Waals surface area contributed by atoms with Crippen LogP contribution in [0.4, 0.5) is 11.4 Å². The Balaban J connectivity index is 1.57. The Bertz CT molecular complexity index is 1480. The molecule has 0 saturated heterocycles. The first-order valence-electron chi connectivity index (χ1n) is 10.3. The van der Waals surface area contributed by atoms with E-state index >= 15 is 0 Å². The van der Waals surface area contributed by atoms with Crippen molar-refractivity contribution < 1.29 is 17.9 Å². The van der Waals surface area contributed by atoms with Crippen molar-refractivity contribution in [3.63, 3.8) is 0 Å². The topological polar surface area (TPSA) is 115 Å². The number of sulfonamides is 1. The standard InChI is InChI=1S/C23H22ClN5O4S/c1-4-33-18-8-6-16(7-9-18)28-34(31,32)21-11-15(5-10-20(21)24)23(30)26-17-12-19-14(2)27-29(3)22(19)25-13-17/h5-13,28H,4H2,1-3H3,(H,26,30). The van der Waals surface area contributed by atoms with Gasteiger partial charge in [-0.2, -0.15) is 5.10 Å². The van der Waals surface area contributed by atoms with Crippen molar-refractivity contribution in [1.29, 1.82) is 0 Å². The molecule has 0 aliphatic carbocycles. The van der Waals surface area contributed by atoms with Gasteiger partial charge < -0.3 is 10.1 Å². The molecular formula is C23H22ClN5O4S. The summed E-state index contributed by atoms with van der Waals surface area (Å²) in [7, 11) is -2.27. The Hall–Kier alpha value is -3.63. The lowest BCUT2D eigenvalue weighted by Gasteiger charge is -2.12. The van der Waals surface area contributed by atoms with Crippen LogP contribution >= 0.6 is 11.6 Å². The van der Waals surface area contributed by atoms with Crippen molar-refractivity contribution in [1.82, 2.24) is 14.8 Å². The van der Waals surface area contributed by atoms with Crippen molar-refractivity contribution in [2.75, 3.05) is 16.6 Å². The average molecular weight is 500 g/mol. The quantitative estimate of drug-likeness (QED) is 0.390. The number of pyridine rings is 1. The van der Waals surface area contributed by atoms with E-state index in [2.05, 4.69) is 20.1 Å². The molecule has 9 nitrogen and oxygen atoms in total. The van der Waals surface area contributed by atoms with Crippen molar-refractivity contribution >= 4 is 49.9 Å². The van der Waals surface area contributed by atoms with Gasteiger partial charge in [-0.05, 0) is 62.4 Å². The summed E-state index contributed by atoms with van der Waals surface area (Å²) in [6.07, 6.45) is 1.52. The molecule has 0 fully saturated rings. The molecule has 11 heteroatoms. The summed E-state index contributed by atoms with van der Waals surface area (Å²) in [6, 6.07) is 12.3. The third kappa shape index (κ3) is 4.82. The third-order valence-electron chi connectivity index (χ3n) is 5.02. The van der Waals surface area contributed by atoms with Crippen molar-refractivity contribution in [3.05, 3.63) is 71.0 Å². The molecule has 0 saturated carbocycles. The van der Waals surface area contributed by atoms with E-state index < -0.39 is 15.9 Å². The second-order valence-electron chi connectivity index (χ2n) is 7.47. The van der Waals surface area contributed by atoms with Crippen LogP contribution in [0.2, 0.25) is 5.02 Å². The molecule has 4 rings (SSSR count). The number of nitrogens with zero attached hydrogens (tertiary/aromatic N) is 3. The van der Waals surface area contributed by atoms with Gasteiger partial charge in [0.2, 0.25) is 0 Å². The molecule has 2 aromatic carbocycles. The lowest BCUT2D eigenvalue weighted by molar-refractivity contribution is 0.102. The minimum absolute atomic E-state index is 0.0101. The van der Waals surface area contributed by atoms with E-state index in [4.69, 9.17) is 16.3 Å². The molecule has 4 aromatic rings. The Morgan fingerprint density at radius 3 is 2.56 bits per heavy atom. The van der Waals surface area contributed by atoms with Gasteiger partial charge >= 0.3 is 0 Å². The predicted octanol–water partition coefficient (Wildman–Crippen LogP) is 4.38. The van der Waals surface area contributed by atoms with E-state index in [9.17, 15) is 13.2 Å². The van der Waals surface area contributed by atoms with Crippen LogP contribution in [0.15, 0.2) is 59.6 Å². The van der Waals surface area contributed by atoms with Crippen LogP contribution in [0, 0.1) is 6.92 Å². The summed E-state index contributed by atoms with van der Waals surface area (Å²) in [6.45, 7) is 4.21. The summed E-state index contributed by atoms with van der Waals surface area (Å²) in [4.78, 5) is 17.0. The number of aryl methyl sites for hydroxylation is 2. The van der Waals surface area contributed by atoms with Crippen LogP contribution in [-0.2, 0) is 17.1 Å². The van der Waals surface area contributed by atoms with Crippen LogP contribution in [0.25, 0.3) is 11.0 Å². The van der Waals surface area contributed by atoms with Gasteiger partial charge in [0.1, 0.15) is 10.6 Å². The van der Waals surface area contributed by atoms with Gasteiger partial charge in [-0.15, -0.1) is 0 Å². The molecule has 0 aliphatic rings.